The smallest absolute Gasteiger partial charge is 0.152 e. The number of aromatic nitrogens is 5. The lowest BCUT2D eigenvalue weighted by molar-refractivity contribution is 0.201. The van der Waals surface area contributed by atoms with Gasteiger partial charge in [0.15, 0.2) is 5.82 Å². The van der Waals surface area contributed by atoms with Crippen molar-refractivity contribution in [2.75, 3.05) is 19.7 Å². The molecule has 9 heteroatoms. The maximum atomic E-state index is 15.0. The van der Waals surface area contributed by atoms with Crippen LogP contribution < -0.4 is 4.74 Å². The summed E-state index contributed by atoms with van der Waals surface area (Å²) in [5.74, 6) is 0.512. The van der Waals surface area contributed by atoms with Gasteiger partial charge in [-0.15, -0.1) is 0 Å². The van der Waals surface area contributed by atoms with Crippen LogP contribution in [-0.4, -0.2) is 54.7 Å². The highest BCUT2D eigenvalue weighted by Gasteiger charge is 2.27. The van der Waals surface area contributed by atoms with Gasteiger partial charge >= 0.3 is 0 Å². The molecule has 8 nitrogen and oxygen atoms in total. The number of hydrogen-bond donors (Lipinski definition) is 1. The van der Waals surface area contributed by atoms with Gasteiger partial charge in [0.25, 0.3) is 0 Å². The van der Waals surface area contributed by atoms with Crippen LogP contribution in [0.1, 0.15) is 48.5 Å². The molecule has 1 N–H and O–H groups in total. The van der Waals surface area contributed by atoms with Crippen molar-refractivity contribution in [1.82, 2.24) is 29.9 Å². The number of benzene rings is 1. The molecule has 0 unspecified atom stereocenters. The number of aromatic hydroxyl groups is 1. The summed E-state index contributed by atoms with van der Waals surface area (Å²) in [7, 11) is 0. The third kappa shape index (κ3) is 4.55. The van der Waals surface area contributed by atoms with E-state index in [-0.39, 0.29) is 17.5 Å². The summed E-state index contributed by atoms with van der Waals surface area (Å²) in [6.07, 6.45) is 3.33. The minimum absolute atomic E-state index is 0.175. The molecule has 0 spiro atoms. The number of fused-ring (bicyclic) bond motifs is 1. The minimum Gasteiger partial charge on any atom is -0.506 e. The summed E-state index contributed by atoms with van der Waals surface area (Å²) >= 11 is 0. The van der Waals surface area contributed by atoms with Crippen LogP contribution in [0.3, 0.4) is 0 Å². The maximum Gasteiger partial charge on any atom is 0.152 e. The number of rotatable bonds is 6. The van der Waals surface area contributed by atoms with Crippen molar-refractivity contribution in [3.8, 4) is 17.2 Å². The number of likely N-dealkylation sites (tertiary alicyclic amines) is 1. The van der Waals surface area contributed by atoms with Crippen LogP contribution in [0, 0.1) is 19.7 Å². The molecule has 4 aromatic rings. The summed E-state index contributed by atoms with van der Waals surface area (Å²) in [5, 5.41) is 24.2. The molecule has 1 fully saturated rings. The van der Waals surface area contributed by atoms with E-state index in [9.17, 15) is 9.50 Å². The lowest BCUT2D eigenvalue weighted by Gasteiger charge is -2.31. The number of hydrogen-bond acceptors (Lipinski definition) is 7. The Morgan fingerprint density at radius 3 is 2.60 bits per heavy atom. The van der Waals surface area contributed by atoms with E-state index in [2.05, 4.69) is 20.1 Å². The van der Waals surface area contributed by atoms with Gasteiger partial charge in [0.1, 0.15) is 22.7 Å². The molecule has 1 aliphatic rings. The molecule has 35 heavy (non-hydrogen) atoms. The van der Waals surface area contributed by atoms with Crippen LogP contribution in [0.15, 0.2) is 36.5 Å². The first-order chi connectivity index (χ1) is 16.9. The van der Waals surface area contributed by atoms with Crippen LogP contribution in [-0.2, 0) is 6.54 Å². The molecule has 0 amide bonds. The molecule has 3 aromatic heterocycles. The van der Waals surface area contributed by atoms with Crippen LogP contribution >= 0.6 is 0 Å². The van der Waals surface area contributed by atoms with Crippen LogP contribution in [0.4, 0.5) is 4.39 Å². The Hall–Kier alpha value is -3.59. The minimum atomic E-state index is -0.386. The van der Waals surface area contributed by atoms with E-state index < -0.39 is 0 Å². The molecule has 182 valence electrons. The lowest BCUT2D eigenvalue weighted by atomic mass is 9.92. The number of nitrogens with zero attached hydrogens (tertiary/aromatic N) is 6. The third-order valence-corrected chi connectivity index (χ3v) is 6.66. The first-order valence-corrected chi connectivity index (χ1v) is 12.0. The Morgan fingerprint density at radius 1 is 1.11 bits per heavy atom. The number of pyridine rings is 1. The van der Waals surface area contributed by atoms with Crippen molar-refractivity contribution in [2.45, 2.75) is 46.1 Å². The Bertz CT molecular complexity index is 1350. The monoisotopic (exact) mass is 476 g/mol. The van der Waals surface area contributed by atoms with E-state index in [4.69, 9.17) is 9.84 Å². The standard InChI is InChI=1S/C26H29FN6O2/c1-4-35-21-7-8-23(22(27)13-21)33-17(3)24-16(2)29-30-25(26(24)31-33)18-9-11-32(12-10-18)15-19-5-6-20(34)14-28-19/h5-8,13-14,18,34H,4,9-12,15H2,1-3H3. The molecule has 0 saturated carbocycles. The summed E-state index contributed by atoms with van der Waals surface area (Å²) in [4.78, 5) is 6.65. The number of ether oxygens (including phenoxy) is 1. The predicted molar refractivity (Wildman–Crippen MR) is 130 cm³/mol. The summed E-state index contributed by atoms with van der Waals surface area (Å²) in [6.45, 7) is 8.75. The maximum absolute atomic E-state index is 15.0. The highest BCUT2D eigenvalue weighted by molar-refractivity contribution is 5.86. The molecule has 1 aliphatic heterocycles. The van der Waals surface area contributed by atoms with Crippen molar-refractivity contribution >= 4 is 10.9 Å². The van der Waals surface area contributed by atoms with Gasteiger partial charge in [0, 0.05) is 23.9 Å². The second kappa shape index (κ2) is 9.58. The van der Waals surface area contributed by atoms with Crippen LogP contribution in [0.2, 0.25) is 0 Å². The Balaban J connectivity index is 1.41. The zero-order valence-corrected chi connectivity index (χ0v) is 20.2. The van der Waals surface area contributed by atoms with Crippen molar-refractivity contribution in [3.63, 3.8) is 0 Å². The number of halogens is 1. The number of aryl methyl sites for hydroxylation is 2. The SMILES string of the molecule is CCOc1ccc(-n2nc3c(C4CCN(Cc5ccc(O)cn5)CC4)nnc(C)c3c2C)c(F)c1. The van der Waals surface area contributed by atoms with Gasteiger partial charge in [-0.3, -0.25) is 9.88 Å². The molecule has 0 bridgehead atoms. The fourth-order valence-electron chi connectivity index (χ4n) is 4.87. The summed E-state index contributed by atoms with van der Waals surface area (Å²) in [6, 6.07) is 8.38. The average molecular weight is 477 g/mol. The second-order valence-electron chi connectivity index (χ2n) is 9.00. The topological polar surface area (TPSA) is 89.2 Å². The van der Waals surface area contributed by atoms with Crippen LogP contribution in [0.25, 0.3) is 16.6 Å². The largest absolute Gasteiger partial charge is 0.506 e. The molecule has 0 aliphatic carbocycles. The van der Waals surface area contributed by atoms with Crippen molar-refractivity contribution in [1.29, 1.82) is 0 Å². The fraction of sp³-hybridized carbons (Fsp3) is 0.385. The molecule has 4 heterocycles. The highest BCUT2D eigenvalue weighted by atomic mass is 19.1. The third-order valence-electron chi connectivity index (χ3n) is 6.66. The van der Waals surface area contributed by atoms with E-state index in [0.29, 0.717) is 18.0 Å². The first-order valence-electron chi connectivity index (χ1n) is 12.0. The lowest BCUT2D eigenvalue weighted by Crippen LogP contribution is -2.33. The normalized spacial score (nSPS) is 15.1. The summed E-state index contributed by atoms with van der Waals surface area (Å²) < 4.78 is 22.1. The first kappa shape index (κ1) is 23.2. The molecule has 1 aromatic carbocycles. The van der Waals surface area contributed by atoms with E-state index in [1.807, 2.05) is 26.8 Å². The molecular weight excluding hydrogens is 447 g/mol. The van der Waals surface area contributed by atoms with Crippen molar-refractivity contribution < 1.29 is 14.2 Å². The zero-order valence-electron chi connectivity index (χ0n) is 20.2. The predicted octanol–water partition coefficient (Wildman–Crippen LogP) is 4.45. The van der Waals surface area contributed by atoms with E-state index >= 15 is 0 Å². The Labute approximate surface area is 203 Å². The molecular formula is C26H29FN6O2. The quantitative estimate of drug-likeness (QED) is 0.440. The van der Waals surface area contributed by atoms with Crippen molar-refractivity contribution in [3.05, 3.63) is 65.1 Å². The zero-order chi connectivity index (χ0) is 24.5. The van der Waals surface area contributed by atoms with E-state index in [1.165, 1.54) is 12.3 Å². The summed E-state index contributed by atoms with van der Waals surface area (Å²) in [5.41, 5.74) is 4.61. The number of piperidine rings is 1. The van der Waals surface area contributed by atoms with Gasteiger partial charge in [0.05, 0.1) is 35.6 Å². The van der Waals surface area contributed by atoms with E-state index in [0.717, 1.165) is 66.2 Å². The molecule has 0 radical (unpaired) electrons. The molecule has 5 rings (SSSR count). The molecule has 1 saturated heterocycles. The second-order valence-corrected chi connectivity index (χ2v) is 9.00. The van der Waals surface area contributed by atoms with Gasteiger partial charge in [-0.25, -0.2) is 9.07 Å². The van der Waals surface area contributed by atoms with Gasteiger partial charge in [-0.05, 0) is 71.0 Å². The average Bonchev–Trinajstić information content (AvgIpc) is 3.19. The van der Waals surface area contributed by atoms with Crippen LogP contribution in [0.5, 0.6) is 11.5 Å². The van der Waals surface area contributed by atoms with Gasteiger partial charge < -0.3 is 9.84 Å². The molecule has 0 atom stereocenters. The fourth-order valence-corrected chi connectivity index (χ4v) is 4.87. The van der Waals surface area contributed by atoms with Gasteiger partial charge in [-0.1, -0.05) is 0 Å². The highest BCUT2D eigenvalue weighted by Crippen LogP contribution is 2.34. The van der Waals surface area contributed by atoms with Gasteiger partial charge in [0.2, 0.25) is 0 Å². The Morgan fingerprint density at radius 2 is 1.91 bits per heavy atom. The van der Waals surface area contributed by atoms with Gasteiger partial charge in [-0.2, -0.15) is 15.3 Å². The van der Waals surface area contributed by atoms with E-state index in [1.54, 1.807) is 22.9 Å². The van der Waals surface area contributed by atoms with Crippen molar-refractivity contribution in [2.24, 2.45) is 0 Å². The Kier molecular flexibility index (Phi) is 6.34.